The summed E-state index contributed by atoms with van der Waals surface area (Å²) < 4.78 is 1.50. The number of hydrogen-bond acceptors (Lipinski definition) is 6. The van der Waals surface area contributed by atoms with Gasteiger partial charge in [0.2, 0.25) is 5.95 Å². The minimum Gasteiger partial charge on any atom is -0.277 e. The second-order valence-corrected chi connectivity index (χ2v) is 8.29. The Balaban J connectivity index is 1.53. The number of thiophene rings is 1. The minimum absolute atomic E-state index is 0.147. The average molecular weight is 437 g/mol. The predicted molar refractivity (Wildman–Crippen MR) is 123 cm³/mol. The summed E-state index contributed by atoms with van der Waals surface area (Å²) in [6.07, 6.45) is 0. The fraction of sp³-hybridized carbons (Fsp3) is 0.136. The molecule has 2 heterocycles. The van der Waals surface area contributed by atoms with Crippen LogP contribution in [0.5, 0.6) is 0 Å². The molecule has 4 rings (SSSR count). The number of carbonyl (C=O) groups is 1. The van der Waals surface area contributed by atoms with Gasteiger partial charge in [0.05, 0.1) is 16.5 Å². The number of aromatic nitrogens is 2. The van der Waals surface area contributed by atoms with E-state index in [1.165, 1.54) is 10.1 Å². The number of nitrogens with zero attached hydrogens (tertiary/aromatic N) is 2. The number of carbonyl (C=O) groups excluding carboxylic acids is 1. The molecule has 2 aromatic heterocycles. The van der Waals surface area contributed by atoms with Gasteiger partial charge in [-0.05, 0) is 53.6 Å². The standard InChI is InChI=1S/C22H20N4O2S2/c1-2-26-21(28)16-7-3-5-9-18(16)23-22(26)25-24-20(27)17-8-4-6-10-19(17)30-14-15-11-12-29-13-15/h3-13H,2,14H2,1H3,(H,23,25)(H,24,27). The number of anilines is 1. The molecule has 0 saturated carbocycles. The number of amides is 1. The molecule has 2 N–H and O–H groups in total. The molecule has 0 spiro atoms. The van der Waals surface area contributed by atoms with Crippen molar-refractivity contribution in [1.29, 1.82) is 0 Å². The van der Waals surface area contributed by atoms with Gasteiger partial charge in [0, 0.05) is 17.2 Å². The van der Waals surface area contributed by atoms with Crippen molar-refractivity contribution in [1.82, 2.24) is 15.0 Å². The maximum Gasteiger partial charge on any atom is 0.270 e. The molecule has 0 aliphatic carbocycles. The highest BCUT2D eigenvalue weighted by Crippen LogP contribution is 2.27. The summed E-state index contributed by atoms with van der Waals surface area (Å²) in [4.78, 5) is 31.0. The molecular formula is C22H20N4O2S2. The Labute approximate surface area is 181 Å². The van der Waals surface area contributed by atoms with Crippen molar-refractivity contribution in [2.75, 3.05) is 5.43 Å². The van der Waals surface area contributed by atoms with Gasteiger partial charge >= 0.3 is 0 Å². The topological polar surface area (TPSA) is 76.0 Å². The van der Waals surface area contributed by atoms with Crippen molar-refractivity contribution in [3.05, 3.63) is 86.8 Å². The largest absolute Gasteiger partial charge is 0.277 e. The summed E-state index contributed by atoms with van der Waals surface area (Å²) in [6.45, 7) is 2.29. The molecule has 4 aromatic rings. The van der Waals surface area contributed by atoms with Gasteiger partial charge in [-0.15, -0.1) is 11.8 Å². The molecule has 1 amide bonds. The zero-order valence-corrected chi connectivity index (χ0v) is 17.9. The fourth-order valence-corrected chi connectivity index (χ4v) is 4.82. The molecule has 0 aliphatic rings. The number of thioether (sulfide) groups is 1. The van der Waals surface area contributed by atoms with Crippen LogP contribution in [0.25, 0.3) is 10.9 Å². The zero-order chi connectivity index (χ0) is 20.9. The SMILES string of the molecule is CCn1c(NNC(=O)c2ccccc2SCc2ccsc2)nc2ccccc2c1=O. The van der Waals surface area contributed by atoms with Crippen LogP contribution < -0.4 is 16.4 Å². The van der Waals surface area contributed by atoms with Crippen LogP contribution in [0, 0.1) is 0 Å². The van der Waals surface area contributed by atoms with Crippen LogP contribution in [-0.2, 0) is 12.3 Å². The van der Waals surface area contributed by atoms with Gasteiger partial charge in [-0.1, -0.05) is 24.3 Å². The smallest absolute Gasteiger partial charge is 0.270 e. The first kappa shape index (κ1) is 20.2. The first-order valence-electron chi connectivity index (χ1n) is 9.46. The molecule has 0 aliphatic heterocycles. The molecule has 0 saturated heterocycles. The van der Waals surface area contributed by atoms with E-state index in [9.17, 15) is 9.59 Å². The summed E-state index contributed by atoms with van der Waals surface area (Å²) in [5, 5.41) is 4.70. The number of rotatable bonds is 7. The molecule has 30 heavy (non-hydrogen) atoms. The van der Waals surface area contributed by atoms with E-state index in [1.807, 2.05) is 42.6 Å². The predicted octanol–water partition coefficient (Wildman–Crippen LogP) is 4.53. The first-order chi connectivity index (χ1) is 14.7. The second kappa shape index (κ2) is 9.15. The van der Waals surface area contributed by atoms with Crippen LogP contribution in [0.1, 0.15) is 22.8 Å². The monoisotopic (exact) mass is 436 g/mol. The van der Waals surface area contributed by atoms with Gasteiger partial charge in [0.1, 0.15) is 0 Å². The number of hydrogen-bond donors (Lipinski definition) is 2. The fourth-order valence-electron chi connectivity index (χ4n) is 3.05. The van der Waals surface area contributed by atoms with E-state index >= 15 is 0 Å². The number of fused-ring (bicyclic) bond motifs is 1. The summed E-state index contributed by atoms with van der Waals surface area (Å²) in [6, 6.07) is 16.7. The Bertz CT molecular complexity index is 1240. The van der Waals surface area contributed by atoms with Crippen LogP contribution in [0.4, 0.5) is 5.95 Å². The van der Waals surface area contributed by atoms with Crippen molar-refractivity contribution in [3.8, 4) is 0 Å². The summed E-state index contributed by atoms with van der Waals surface area (Å²) in [7, 11) is 0. The molecule has 0 radical (unpaired) electrons. The van der Waals surface area contributed by atoms with E-state index in [1.54, 1.807) is 41.3 Å². The van der Waals surface area contributed by atoms with Crippen molar-refractivity contribution in [2.45, 2.75) is 24.1 Å². The Morgan fingerprint density at radius 1 is 1.13 bits per heavy atom. The first-order valence-corrected chi connectivity index (χ1v) is 11.4. The van der Waals surface area contributed by atoms with Crippen LogP contribution >= 0.6 is 23.1 Å². The van der Waals surface area contributed by atoms with Gasteiger partial charge < -0.3 is 0 Å². The molecular weight excluding hydrogens is 416 g/mol. The van der Waals surface area contributed by atoms with Crippen molar-refractivity contribution >= 4 is 45.9 Å². The molecule has 0 fully saturated rings. The molecule has 0 atom stereocenters. The van der Waals surface area contributed by atoms with Gasteiger partial charge in [-0.2, -0.15) is 11.3 Å². The van der Waals surface area contributed by atoms with Crippen molar-refractivity contribution in [3.63, 3.8) is 0 Å². The third-order valence-electron chi connectivity index (χ3n) is 4.57. The van der Waals surface area contributed by atoms with Crippen LogP contribution in [0.15, 0.2) is 75.0 Å². The Hall–Kier alpha value is -3.10. The van der Waals surface area contributed by atoms with Crippen LogP contribution in [0.2, 0.25) is 0 Å². The van der Waals surface area contributed by atoms with E-state index in [0.29, 0.717) is 29.0 Å². The maximum atomic E-state index is 12.8. The van der Waals surface area contributed by atoms with E-state index in [4.69, 9.17) is 0 Å². The van der Waals surface area contributed by atoms with Crippen molar-refractivity contribution in [2.24, 2.45) is 0 Å². The Morgan fingerprint density at radius 3 is 2.73 bits per heavy atom. The van der Waals surface area contributed by atoms with E-state index in [0.717, 1.165) is 10.6 Å². The number of nitrogens with one attached hydrogen (secondary N) is 2. The third-order valence-corrected chi connectivity index (χ3v) is 6.45. The lowest BCUT2D eigenvalue weighted by Gasteiger charge is -2.15. The maximum absolute atomic E-state index is 12.8. The summed E-state index contributed by atoms with van der Waals surface area (Å²) in [5.74, 6) is 0.814. The normalized spacial score (nSPS) is 10.8. The number of hydrazine groups is 1. The highest BCUT2D eigenvalue weighted by Gasteiger charge is 2.14. The van der Waals surface area contributed by atoms with E-state index in [-0.39, 0.29) is 11.5 Å². The van der Waals surface area contributed by atoms with Gasteiger partial charge in [0.25, 0.3) is 11.5 Å². The third kappa shape index (κ3) is 4.24. The number of para-hydroxylation sites is 1. The lowest BCUT2D eigenvalue weighted by Crippen LogP contribution is -2.34. The molecule has 0 unspecified atom stereocenters. The van der Waals surface area contributed by atoms with Gasteiger partial charge in [-0.3, -0.25) is 25.0 Å². The summed E-state index contributed by atoms with van der Waals surface area (Å²) >= 11 is 3.27. The van der Waals surface area contributed by atoms with Crippen molar-refractivity contribution < 1.29 is 4.79 Å². The summed E-state index contributed by atoms with van der Waals surface area (Å²) in [5.41, 5.74) is 7.76. The van der Waals surface area contributed by atoms with Gasteiger partial charge in [-0.25, -0.2) is 4.98 Å². The highest BCUT2D eigenvalue weighted by atomic mass is 32.2. The second-order valence-electron chi connectivity index (χ2n) is 6.50. The van der Waals surface area contributed by atoms with Crippen LogP contribution in [-0.4, -0.2) is 15.5 Å². The molecule has 152 valence electrons. The quantitative estimate of drug-likeness (QED) is 0.329. The lowest BCUT2D eigenvalue weighted by atomic mass is 10.2. The lowest BCUT2D eigenvalue weighted by molar-refractivity contribution is 0.0959. The molecule has 0 bridgehead atoms. The van der Waals surface area contributed by atoms with E-state index in [2.05, 4.69) is 27.3 Å². The van der Waals surface area contributed by atoms with Gasteiger partial charge in [0.15, 0.2) is 0 Å². The minimum atomic E-state index is -0.284. The van der Waals surface area contributed by atoms with E-state index < -0.39 is 0 Å². The zero-order valence-electron chi connectivity index (χ0n) is 16.3. The Morgan fingerprint density at radius 2 is 1.93 bits per heavy atom. The Kier molecular flexibility index (Phi) is 6.15. The average Bonchev–Trinajstić information content (AvgIpc) is 3.30. The number of benzene rings is 2. The molecule has 2 aromatic carbocycles. The highest BCUT2D eigenvalue weighted by molar-refractivity contribution is 7.98. The van der Waals surface area contributed by atoms with Crippen LogP contribution in [0.3, 0.4) is 0 Å². The molecule has 6 nitrogen and oxygen atoms in total. The molecule has 8 heteroatoms.